The van der Waals surface area contributed by atoms with E-state index in [1.165, 1.54) is 36.4 Å². The van der Waals surface area contributed by atoms with Gasteiger partial charge in [-0.15, -0.1) is 0 Å². The number of hydrogen-bond donors (Lipinski definition) is 1. The van der Waals surface area contributed by atoms with Gasteiger partial charge in [0.15, 0.2) is 0 Å². The standard InChI is InChI=1S/C16H28N2O4S/c1-15(14(19)20)7-10-18(13-15)23(21,22)17-11-8-16(9-12-17)5-3-2-4-6-16/h2-13H2,1H3,(H,19,20). The van der Waals surface area contributed by atoms with Crippen molar-refractivity contribution in [1.82, 2.24) is 8.61 Å². The van der Waals surface area contributed by atoms with E-state index >= 15 is 0 Å². The monoisotopic (exact) mass is 344 g/mol. The fourth-order valence-corrected chi connectivity index (χ4v) is 6.19. The van der Waals surface area contributed by atoms with E-state index in [9.17, 15) is 18.3 Å². The van der Waals surface area contributed by atoms with Gasteiger partial charge < -0.3 is 5.11 Å². The average Bonchev–Trinajstić information content (AvgIpc) is 2.93. The van der Waals surface area contributed by atoms with Crippen molar-refractivity contribution in [3.63, 3.8) is 0 Å². The summed E-state index contributed by atoms with van der Waals surface area (Å²) in [6.07, 6.45) is 8.63. The molecule has 0 aromatic heterocycles. The van der Waals surface area contributed by atoms with Crippen LogP contribution >= 0.6 is 0 Å². The van der Waals surface area contributed by atoms with Crippen molar-refractivity contribution < 1.29 is 18.3 Å². The Bertz CT molecular complexity index is 561. The number of rotatable bonds is 3. The molecule has 2 saturated heterocycles. The molecule has 1 N–H and O–H groups in total. The Labute approximate surface area is 139 Å². The van der Waals surface area contributed by atoms with Crippen LogP contribution in [0.2, 0.25) is 0 Å². The van der Waals surface area contributed by atoms with Crippen LogP contribution in [0.3, 0.4) is 0 Å². The first-order valence-electron chi connectivity index (χ1n) is 8.76. The summed E-state index contributed by atoms with van der Waals surface area (Å²) in [7, 11) is -3.52. The molecule has 0 amide bonds. The molecule has 1 aliphatic carbocycles. The highest BCUT2D eigenvalue weighted by Gasteiger charge is 2.47. The molecule has 0 aromatic carbocycles. The smallest absolute Gasteiger partial charge is 0.310 e. The minimum absolute atomic E-state index is 0.0896. The third kappa shape index (κ3) is 3.15. The molecule has 2 heterocycles. The van der Waals surface area contributed by atoms with Gasteiger partial charge in [0.25, 0.3) is 10.2 Å². The summed E-state index contributed by atoms with van der Waals surface area (Å²) in [5.74, 6) is -0.907. The first kappa shape index (κ1) is 17.2. The number of hydrogen-bond acceptors (Lipinski definition) is 3. The van der Waals surface area contributed by atoms with E-state index in [4.69, 9.17) is 0 Å². The summed E-state index contributed by atoms with van der Waals surface area (Å²) >= 11 is 0. The maximum Gasteiger partial charge on any atom is 0.310 e. The number of carboxylic acids is 1. The minimum atomic E-state index is -3.52. The number of nitrogens with zero attached hydrogens (tertiary/aromatic N) is 2. The molecule has 3 aliphatic rings. The second kappa shape index (κ2) is 6.01. The Kier molecular flexibility index (Phi) is 4.48. The van der Waals surface area contributed by atoms with Crippen molar-refractivity contribution >= 4 is 16.2 Å². The lowest BCUT2D eigenvalue weighted by Gasteiger charge is -2.44. The molecule has 1 spiro atoms. The molecule has 1 atom stereocenters. The summed E-state index contributed by atoms with van der Waals surface area (Å²) in [6, 6.07) is 0. The van der Waals surface area contributed by atoms with Gasteiger partial charge in [0, 0.05) is 26.2 Å². The average molecular weight is 344 g/mol. The largest absolute Gasteiger partial charge is 0.481 e. The summed E-state index contributed by atoms with van der Waals surface area (Å²) in [4.78, 5) is 11.3. The first-order chi connectivity index (χ1) is 10.8. The third-order valence-electron chi connectivity index (χ3n) is 6.30. The molecule has 3 rings (SSSR count). The van der Waals surface area contributed by atoms with Gasteiger partial charge in [0.1, 0.15) is 0 Å². The summed E-state index contributed by atoms with van der Waals surface area (Å²) < 4.78 is 28.6. The lowest BCUT2D eigenvalue weighted by atomic mass is 9.68. The fraction of sp³-hybridized carbons (Fsp3) is 0.938. The van der Waals surface area contributed by atoms with Crippen LogP contribution in [0, 0.1) is 10.8 Å². The molecule has 7 heteroatoms. The fourth-order valence-electron chi connectivity index (χ4n) is 4.45. The Hall–Kier alpha value is -0.660. The quantitative estimate of drug-likeness (QED) is 0.850. The van der Waals surface area contributed by atoms with Crippen LogP contribution in [-0.4, -0.2) is 54.3 Å². The lowest BCUT2D eigenvalue weighted by molar-refractivity contribution is -0.146. The van der Waals surface area contributed by atoms with Crippen LogP contribution < -0.4 is 0 Å². The van der Waals surface area contributed by atoms with Gasteiger partial charge in [-0.2, -0.15) is 17.0 Å². The van der Waals surface area contributed by atoms with Crippen molar-refractivity contribution in [2.75, 3.05) is 26.2 Å². The van der Waals surface area contributed by atoms with Crippen LogP contribution in [0.25, 0.3) is 0 Å². The molecule has 1 saturated carbocycles. The van der Waals surface area contributed by atoms with Crippen molar-refractivity contribution in [2.45, 2.75) is 58.3 Å². The Morgan fingerprint density at radius 3 is 2.00 bits per heavy atom. The Balaban J connectivity index is 1.64. The predicted molar refractivity (Wildman–Crippen MR) is 87.2 cm³/mol. The van der Waals surface area contributed by atoms with Crippen molar-refractivity contribution in [3.8, 4) is 0 Å². The van der Waals surface area contributed by atoms with Gasteiger partial charge in [0.2, 0.25) is 0 Å². The molecule has 23 heavy (non-hydrogen) atoms. The molecule has 2 aliphatic heterocycles. The Morgan fingerprint density at radius 1 is 0.913 bits per heavy atom. The summed E-state index contributed by atoms with van der Waals surface area (Å²) in [6.45, 7) is 3.21. The zero-order valence-corrected chi connectivity index (χ0v) is 14.8. The van der Waals surface area contributed by atoms with E-state index in [2.05, 4.69) is 0 Å². The van der Waals surface area contributed by atoms with Crippen molar-refractivity contribution in [1.29, 1.82) is 0 Å². The highest BCUT2D eigenvalue weighted by atomic mass is 32.2. The summed E-state index contributed by atoms with van der Waals surface area (Å²) in [5.41, 5.74) is -0.585. The van der Waals surface area contributed by atoms with Crippen LogP contribution in [0.1, 0.15) is 58.3 Å². The highest BCUT2D eigenvalue weighted by molar-refractivity contribution is 7.86. The lowest BCUT2D eigenvalue weighted by Crippen LogP contribution is -2.49. The van der Waals surface area contributed by atoms with E-state index in [-0.39, 0.29) is 6.54 Å². The molecule has 3 fully saturated rings. The zero-order valence-electron chi connectivity index (χ0n) is 14.0. The first-order valence-corrected chi connectivity index (χ1v) is 10.2. The Morgan fingerprint density at radius 2 is 1.48 bits per heavy atom. The van der Waals surface area contributed by atoms with Gasteiger partial charge in [0.05, 0.1) is 5.41 Å². The van der Waals surface area contributed by atoms with E-state index in [1.807, 2.05) is 0 Å². The predicted octanol–water partition coefficient (Wildman–Crippen LogP) is 2.07. The molecular weight excluding hydrogens is 316 g/mol. The van der Waals surface area contributed by atoms with E-state index < -0.39 is 21.6 Å². The molecule has 1 unspecified atom stereocenters. The van der Waals surface area contributed by atoms with Crippen LogP contribution in [0.4, 0.5) is 0 Å². The highest BCUT2D eigenvalue weighted by Crippen LogP contribution is 2.45. The maximum atomic E-state index is 12.8. The second-order valence-corrected chi connectivity index (χ2v) is 9.85. The molecular formula is C16H28N2O4S. The SMILES string of the molecule is CC1(C(=O)O)CCN(S(=O)(=O)N2CCC3(CCCCC3)CC2)C1. The van der Waals surface area contributed by atoms with Gasteiger partial charge in [-0.05, 0) is 44.4 Å². The van der Waals surface area contributed by atoms with Crippen LogP contribution in [-0.2, 0) is 15.0 Å². The maximum absolute atomic E-state index is 12.8. The normalized spacial score (nSPS) is 33.1. The van der Waals surface area contributed by atoms with E-state index in [0.29, 0.717) is 31.5 Å². The number of aliphatic carboxylic acids is 1. The number of carbonyl (C=O) groups is 1. The van der Waals surface area contributed by atoms with Crippen LogP contribution in [0.15, 0.2) is 0 Å². The molecule has 6 nitrogen and oxygen atoms in total. The van der Waals surface area contributed by atoms with Gasteiger partial charge >= 0.3 is 5.97 Å². The van der Waals surface area contributed by atoms with Crippen molar-refractivity contribution in [3.05, 3.63) is 0 Å². The minimum Gasteiger partial charge on any atom is -0.481 e. The van der Waals surface area contributed by atoms with Gasteiger partial charge in [-0.1, -0.05) is 19.3 Å². The number of carboxylic acid groups (broad SMARTS) is 1. The molecule has 0 radical (unpaired) electrons. The van der Waals surface area contributed by atoms with E-state index in [0.717, 1.165) is 12.8 Å². The molecule has 0 aromatic rings. The van der Waals surface area contributed by atoms with Gasteiger partial charge in [-0.3, -0.25) is 4.79 Å². The second-order valence-electron chi connectivity index (χ2n) is 7.92. The van der Waals surface area contributed by atoms with E-state index in [1.54, 1.807) is 11.2 Å². The molecule has 0 bridgehead atoms. The number of piperidine rings is 1. The zero-order chi connectivity index (χ0) is 16.7. The molecule has 132 valence electrons. The summed E-state index contributed by atoms with van der Waals surface area (Å²) in [5, 5.41) is 9.30. The van der Waals surface area contributed by atoms with Crippen molar-refractivity contribution in [2.24, 2.45) is 10.8 Å². The van der Waals surface area contributed by atoms with Crippen LogP contribution in [0.5, 0.6) is 0 Å². The topological polar surface area (TPSA) is 77.9 Å². The van der Waals surface area contributed by atoms with Gasteiger partial charge in [-0.25, -0.2) is 0 Å². The third-order valence-corrected chi connectivity index (χ3v) is 8.29.